The number of carbonyl (C=O) groups excluding carboxylic acids is 3. The Morgan fingerprint density at radius 1 is 1.25 bits per heavy atom. The fraction of sp³-hybridized carbons (Fsp3) is 0.591. The second-order valence-electron chi connectivity index (χ2n) is 7.96. The molecule has 1 aromatic rings. The number of rotatable bonds is 8. The van der Waals surface area contributed by atoms with Gasteiger partial charge < -0.3 is 10.1 Å². The molecule has 6 nitrogen and oxygen atoms in total. The zero-order valence-electron chi connectivity index (χ0n) is 17.5. The first-order valence-corrected chi connectivity index (χ1v) is 9.99. The Hall–Kier alpha value is -2.21. The maximum atomic E-state index is 13.0. The minimum atomic E-state index is -0.223. The van der Waals surface area contributed by atoms with Crippen LogP contribution in [0, 0.1) is 11.8 Å². The van der Waals surface area contributed by atoms with Crippen molar-refractivity contribution < 1.29 is 19.1 Å². The van der Waals surface area contributed by atoms with Gasteiger partial charge >= 0.3 is 5.97 Å². The van der Waals surface area contributed by atoms with Crippen LogP contribution in [0.3, 0.4) is 0 Å². The number of Topliss-reactive ketones (excluding diaryl/α,β-unsaturated/α-hetero) is 1. The van der Waals surface area contributed by atoms with Gasteiger partial charge in [-0.1, -0.05) is 26.0 Å². The average Bonchev–Trinajstić information content (AvgIpc) is 3.14. The molecule has 0 aliphatic carbocycles. The Balaban J connectivity index is 2.15. The van der Waals surface area contributed by atoms with Crippen molar-refractivity contribution in [3.63, 3.8) is 0 Å². The van der Waals surface area contributed by atoms with Crippen molar-refractivity contribution in [1.29, 1.82) is 0 Å². The number of carbonyl (C=O) groups is 3. The van der Waals surface area contributed by atoms with Crippen molar-refractivity contribution in [3.05, 3.63) is 29.8 Å². The van der Waals surface area contributed by atoms with Gasteiger partial charge in [-0.25, -0.2) is 0 Å². The molecule has 1 amide bonds. The van der Waals surface area contributed by atoms with E-state index in [2.05, 4.69) is 31.0 Å². The molecule has 2 rings (SSSR count). The summed E-state index contributed by atoms with van der Waals surface area (Å²) in [4.78, 5) is 38.6. The fourth-order valence-corrected chi connectivity index (χ4v) is 4.18. The molecule has 1 heterocycles. The third kappa shape index (κ3) is 5.41. The zero-order chi connectivity index (χ0) is 20.8. The van der Waals surface area contributed by atoms with E-state index < -0.39 is 0 Å². The van der Waals surface area contributed by atoms with E-state index in [-0.39, 0.29) is 41.6 Å². The van der Waals surface area contributed by atoms with E-state index in [4.69, 9.17) is 4.74 Å². The highest BCUT2D eigenvalue weighted by Gasteiger charge is 2.38. The summed E-state index contributed by atoms with van der Waals surface area (Å²) in [6, 6.07) is 6.92. The predicted octanol–water partition coefficient (Wildman–Crippen LogP) is 3.52. The van der Waals surface area contributed by atoms with Crippen LogP contribution in [0.2, 0.25) is 0 Å². The number of esters is 1. The smallest absolute Gasteiger partial charge is 0.323 e. The number of likely N-dealkylation sites (tertiary alicyclic amines) is 1. The Morgan fingerprint density at radius 2 is 1.96 bits per heavy atom. The molecule has 1 unspecified atom stereocenters. The molecule has 1 aromatic carbocycles. The Kier molecular flexibility index (Phi) is 7.75. The molecule has 3 atom stereocenters. The average molecular weight is 389 g/mol. The molecule has 0 saturated carbocycles. The maximum Gasteiger partial charge on any atom is 0.323 e. The standard InChI is InChI=1S/C22H32N2O4/c1-14(2)19(15(3)24-11-7-10-20(24)22(27)28-5)13-21(26)17-8-6-9-18(12-17)23-16(4)25/h6,8-9,12,14-15,19-20H,7,10-11,13H2,1-5H3,(H,23,25)/t15?,19-,20-/m0/s1. The Bertz CT molecular complexity index is 716. The first kappa shape index (κ1) is 22.1. The summed E-state index contributed by atoms with van der Waals surface area (Å²) in [6.07, 6.45) is 2.16. The largest absolute Gasteiger partial charge is 0.468 e. The van der Waals surface area contributed by atoms with Gasteiger partial charge in [0.15, 0.2) is 5.78 Å². The number of benzene rings is 1. The summed E-state index contributed by atoms with van der Waals surface area (Å²) in [6.45, 7) is 8.62. The Labute approximate surface area is 167 Å². The van der Waals surface area contributed by atoms with Crippen LogP contribution >= 0.6 is 0 Å². The molecule has 1 N–H and O–H groups in total. The van der Waals surface area contributed by atoms with E-state index in [1.165, 1.54) is 14.0 Å². The lowest BCUT2D eigenvalue weighted by Crippen LogP contribution is -2.47. The molecule has 1 aliphatic rings. The first-order valence-electron chi connectivity index (χ1n) is 9.99. The van der Waals surface area contributed by atoms with E-state index in [1.807, 2.05) is 0 Å². The third-order valence-electron chi connectivity index (χ3n) is 5.69. The molecule has 1 saturated heterocycles. The monoisotopic (exact) mass is 388 g/mol. The lowest BCUT2D eigenvalue weighted by molar-refractivity contribution is -0.147. The molecule has 1 fully saturated rings. The normalized spacial score (nSPS) is 19.3. The third-order valence-corrected chi connectivity index (χ3v) is 5.69. The highest BCUT2D eigenvalue weighted by molar-refractivity contribution is 5.98. The Morgan fingerprint density at radius 3 is 2.57 bits per heavy atom. The van der Waals surface area contributed by atoms with Crippen molar-refractivity contribution in [2.75, 3.05) is 19.0 Å². The van der Waals surface area contributed by atoms with Gasteiger partial charge in [0, 0.05) is 30.6 Å². The van der Waals surface area contributed by atoms with Gasteiger partial charge in [-0.2, -0.15) is 0 Å². The number of hydrogen-bond donors (Lipinski definition) is 1. The van der Waals surface area contributed by atoms with Gasteiger partial charge in [-0.05, 0) is 50.3 Å². The van der Waals surface area contributed by atoms with Crippen LogP contribution in [0.4, 0.5) is 5.69 Å². The van der Waals surface area contributed by atoms with Crippen molar-refractivity contribution in [2.45, 2.75) is 59.0 Å². The molecular weight excluding hydrogens is 356 g/mol. The summed E-state index contributed by atoms with van der Waals surface area (Å²) < 4.78 is 4.97. The summed E-state index contributed by atoms with van der Waals surface area (Å²) in [5.74, 6) is 0.0903. The number of amides is 1. The van der Waals surface area contributed by atoms with E-state index in [9.17, 15) is 14.4 Å². The van der Waals surface area contributed by atoms with Gasteiger partial charge in [-0.15, -0.1) is 0 Å². The van der Waals surface area contributed by atoms with E-state index in [0.717, 1.165) is 19.4 Å². The number of methoxy groups -OCH3 is 1. The minimum Gasteiger partial charge on any atom is -0.468 e. The number of anilines is 1. The first-order chi connectivity index (χ1) is 13.2. The summed E-state index contributed by atoms with van der Waals surface area (Å²) in [5.41, 5.74) is 1.22. The molecule has 154 valence electrons. The molecule has 1 aliphatic heterocycles. The number of nitrogens with zero attached hydrogens (tertiary/aromatic N) is 1. The summed E-state index contributed by atoms with van der Waals surface area (Å²) in [7, 11) is 1.43. The van der Waals surface area contributed by atoms with E-state index in [0.29, 0.717) is 17.7 Å². The van der Waals surface area contributed by atoms with Gasteiger partial charge in [0.25, 0.3) is 0 Å². The van der Waals surface area contributed by atoms with Crippen molar-refractivity contribution in [3.8, 4) is 0 Å². The molecule has 6 heteroatoms. The molecular formula is C22H32N2O4. The van der Waals surface area contributed by atoms with Crippen LogP contribution in [-0.2, 0) is 14.3 Å². The lowest BCUT2D eigenvalue weighted by Gasteiger charge is -2.36. The van der Waals surface area contributed by atoms with Crippen LogP contribution in [0.15, 0.2) is 24.3 Å². The SMILES string of the molecule is COC(=O)[C@@H]1CCCN1C(C)[C@@H](CC(=O)c1cccc(NC(C)=O)c1)C(C)C. The minimum absolute atomic E-state index is 0.0477. The number of ether oxygens (including phenoxy) is 1. The van der Waals surface area contributed by atoms with Crippen molar-refractivity contribution in [1.82, 2.24) is 4.90 Å². The molecule has 0 aromatic heterocycles. The van der Waals surface area contributed by atoms with Gasteiger partial charge in [0.1, 0.15) is 6.04 Å². The molecule has 0 radical (unpaired) electrons. The highest BCUT2D eigenvalue weighted by Crippen LogP contribution is 2.31. The molecule has 0 bridgehead atoms. The van der Waals surface area contributed by atoms with E-state index in [1.54, 1.807) is 24.3 Å². The van der Waals surface area contributed by atoms with Crippen LogP contribution in [-0.4, -0.2) is 48.3 Å². The second kappa shape index (κ2) is 9.82. The molecule has 28 heavy (non-hydrogen) atoms. The van der Waals surface area contributed by atoms with Gasteiger partial charge in [0.2, 0.25) is 5.91 Å². The van der Waals surface area contributed by atoms with Gasteiger partial charge in [-0.3, -0.25) is 19.3 Å². The summed E-state index contributed by atoms with van der Waals surface area (Å²) in [5, 5.41) is 2.72. The van der Waals surface area contributed by atoms with Crippen LogP contribution in [0.25, 0.3) is 0 Å². The quantitative estimate of drug-likeness (QED) is 0.545. The van der Waals surface area contributed by atoms with Crippen molar-refractivity contribution in [2.24, 2.45) is 11.8 Å². The van der Waals surface area contributed by atoms with E-state index >= 15 is 0 Å². The lowest BCUT2D eigenvalue weighted by atomic mass is 9.83. The van der Waals surface area contributed by atoms with Crippen LogP contribution in [0.5, 0.6) is 0 Å². The number of nitrogens with one attached hydrogen (secondary N) is 1. The number of ketones is 1. The van der Waals surface area contributed by atoms with Crippen molar-refractivity contribution >= 4 is 23.3 Å². The maximum absolute atomic E-state index is 13.0. The molecule has 0 spiro atoms. The highest BCUT2D eigenvalue weighted by atomic mass is 16.5. The number of hydrogen-bond acceptors (Lipinski definition) is 5. The van der Waals surface area contributed by atoms with Crippen LogP contribution in [0.1, 0.15) is 57.3 Å². The van der Waals surface area contributed by atoms with Gasteiger partial charge in [0.05, 0.1) is 7.11 Å². The summed E-state index contributed by atoms with van der Waals surface area (Å²) >= 11 is 0. The fourth-order valence-electron chi connectivity index (χ4n) is 4.18. The van der Waals surface area contributed by atoms with Crippen LogP contribution < -0.4 is 5.32 Å². The zero-order valence-corrected chi connectivity index (χ0v) is 17.5. The second-order valence-corrected chi connectivity index (χ2v) is 7.96. The topological polar surface area (TPSA) is 75.7 Å². The predicted molar refractivity (Wildman–Crippen MR) is 109 cm³/mol.